The summed E-state index contributed by atoms with van der Waals surface area (Å²) in [6, 6.07) is 13.3. The standard InChI is InChI=1S/C24H27N3O5/c1-14-6-8-15(9-7-14)21-20-22(26-25-21)24(28)27(13-19(31-4)32-5)23(20)16-10-11-17(29-2)18(12-16)30-3/h6-12,19,23H,13H2,1-5H3,(H,25,26). The summed E-state index contributed by atoms with van der Waals surface area (Å²) in [5, 5.41) is 7.46. The van der Waals surface area contributed by atoms with Crippen LogP contribution in [0.15, 0.2) is 42.5 Å². The third-order valence-corrected chi connectivity index (χ3v) is 5.78. The van der Waals surface area contributed by atoms with E-state index in [0.717, 1.165) is 27.9 Å². The van der Waals surface area contributed by atoms with Crippen LogP contribution < -0.4 is 9.47 Å². The summed E-state index contributed by atoms with van der Waals surface area (Å²) >= 11 is 0. The Morgan fingerprint density at radius 3 is 2.31 bits per heavy atom. The van der Waals surface area contributed by atoms with Crippen LogP contribution in [0.3, 0.4) is 0 Å². The number of nitrogens with one attached hydrogen (secondary N) is 1. The molecule has 168 valence electrons. The number of methoxy groups -OCH3 is 4. The molecule has 0 bridgehead atoms. The van der Waals surface area contributed by atoms with Crippen LogP contribution >= 0.6 is 0 Å². The Bertz CT molecular complexity index is 1110. The molecule has 32 heavy (non-hydrogen) atoms. The van der Waals surface area contributed by atoms with E-state index in [1.807, 2.05) is 49.4 Å². The molecule has 1 unspecified atom stereocenters. The van der Waals surface area contributed by atoms with E-state index in [0.29, 0.717) is 17.2 Å². The number of aromatic nitrogens is 2. The number of carbonyl (C=O) groups excluding carboxylic acids is 1. The predicted molar refractivity (Wildman–Crippen MR) is 119 cm³/mol. The van der Waals surface area contributed by atoms with Crippen molar-refractivity contribution >= 4 is 5.91 Å². The van der Waals surface area contributed by atoms with E-state index in [-0.39, 0.29) is 12.5 Å². The van der Waals surface area contributed by atoms with Crippen molar-refractivity contribution in [2.75, 3.05) is 35.0 Å². The molecule has 0 radical (unpaired) electrons. The molecule has 4 rings (SSSR count). The summed E-state index contributed by atoms with van der Waals surface area (Å²) in [6.45, 7) is 2.28. The summed E-state index contributed by atoms with van der Waals surface area (Å²) in [7, 11) is 6.29. The molecule has 3 aromatic rings. The lowest BCUT2D eigenvalue weighted by Gasteiger charge is -2.29. The van der Waals surface area contributed by atoms with Gasteiger partial charge in [0, 0.05) is 25.3 Å². The zero-order valence-electron chi connectivity index (χ0n) is 18.8. The van der Waals surface area contributed by atoms with Crippen LogP contribution in [0.25, 0.3) is 11.3 Å². The molecule has 1 aromatic heterocycles. The molecule has 2 heterocycles. The van der Waals surface area contributed by atoms with E-state index in [4.69, 9.17) is 18.9 Å². The quantitative estimate of drug-likeness (QED) is 0.543. The number of hydrogen-bond donors (Lipinski definition) is 1. The van der Waals surface area contributed by atoms with Gasteiger partial charge in [0.05, 0.1) is 32.5 Å². The number of aromatic amines is 1. The highest BCUT2D eigenvalue weighted by molar-refractivity contribution is 6.00. The summed E-state index contributed by atoms with van der Waals surface area (Å²) in [4.78, 5) is 15.1. The first-order valence-electron chi connectivity index (χ1n) is 10.3. The zero-order chi connectivity index (χ0) is 22.8. The van der Waals surface area contributed by atoms with Gasteiger partial charge < -0.3 is 23.8 Å². The number of hydrogen-bond acceptors (Lipinski definition) is 6. The number of amides is 1. The summed E-state index contributed by atoms with van der Waals surface area (Å²) in [6.07, 6.45) is -0.568. The molecule has 8 nitrogen and oxygen atoms in total. The second-order valence-electron chi connectivity index (χ2n) is 7.60. The highest BCUT2D eigenvalue weighted by Crippen LogP contribution is 2.44. The second kappa shape index (κ2) is 9.02. The Hall–Kier alpha value is -3.36. The molecular weight excluding hydrogens is 410 g/mol. The van der Waals surface area contributed by atoms with E-state index >= 15 is 0 Å². The Morgan fingerprint density at radius 2 is 1.69 bits per heavy atom. The lowest BCUT2D eigenvalue weighted by atomic mass is 9.95. The predicted octanol–water partition coefficient (Wildman–Crippen LogP) is 3.57. The van der Waals surface area contributed by atoms with Crippen molar-refractivity contribution in [3.8, 4) is 22.8 Å². The maximum atomic E-state index is 13.4. The normalized spacial score (nSPS) is 15.4. The smallest absolute Gasteiger partial charge is 0.273 e. The Morgan fingerprint density at radius 1 is 1.00 bits per heavy atom. The molecule has 1 atom stereocenters. The summed E-state index contributed by atoms with van der Waals surface area (Å²) < 4.78 is 21.7. The highest BCUT2D eigenvalue weighted by atomic mass is 16.7. The van der Waals surface area contributed by atoms with Crippen LogP contribution in [0.1, 0.15) is 33.2 Å². The van der Waals surface area contributed by atoms with Crippen LogP contribution in [-0.4, -0.2) is 62.3 Å². The largest absolute Gasteiger partial charge is 0.493 e. The van der Waals surface area contributed by atoms with Gasteiger partial charge in [0.2, 0.25) is 0 Å². The van der Waals surface area contributed by atoms with Gasteiger partial charge in [0.1, 0.15) is 5.69 Å². The van der Waals surface area contributed by atoms with Crippen LogP contribution in [-0.2, 0) is 9.47 Å². The van der Waals surface area contributed by atoms with Crippen molar-refractivity contribution in [2.24, 2.45) is 0 Å². The second-order valence-corrected chi connectivity index (χ2v) is 7.60. The average Bonchev–Trinajstić information content (AvgIpc) is 3.36. The van der Waals surface area contributed by atoms with Gasteiger partial charge in [-0.05, 0) is 24.6 Å². The van der Waals surface area contributed by atoms with Crippen LogP contribution in [0.2, 0.25) is 0 Å². The molecule has 0 aliphatic carbocycles. The van der Waals surface area contributed by atoms with Crippen molar-refractivity contribution in [2.45, 2.75) is 19.3 Å². The number of aryl methyl sites for hydroxylation is 1. The van der Waals surface area contributed by atoms with E-state index in [9.17, 15) is 4.79 Å². The van der Waals surface area contributed by atoms with Crippen molar-refractivity contribution in [3.63, 3.8) is 0 Å². The van der Waals surface area contributed by atoms with Gasteiger partial charge in [-0.2, -0.15) is 5.10 Å². The Balaban J connectivity index is 1.87. The first-order chi connectivity index (χ1) is 15.5. The molecular formula is C24H27N3O5. The number of benzene rings is 2. The Labute approximate surface area is 187 Å². The average molecular weight is 437 g/mol. The molecule has 8 heteroatoms. The summed E-state index contributed by atoms with van der Waals surface area (Å²) in [5.41, 5.74) is 4.97. The molecule has 1 aliphatic heterocycles. The van der Waals surface area contributed by atoms with Crippen molar-refractivity contribution < 1.29 is 23.7 Å². The van der Waals surface area contributed by atoms with Crippen LogP contribution in [0.5, 0.6) is 11.5 Å². The SMILES string of the molecule is COc1ccc(C2c3c(-c4ccc(C)cc4)n[nH]c3C(=O)N2CC(OC)OC)cc1OC. The van der Waals surface area contributed by atoms with E-state index in [1.54, 1.807) is 33.3 Å². The zero-order valence-corrected chi connectivity index (χ0v) is 18.8. The number of nitrogens with zero attached hydrogens (tertiary/aromatic N) is 2. The third-order valence-electron chi connectivity index (χ3n) is 5.78. The first-order valence-corrected chi connectivity index (χ1v) is 10.3. The lowest BCUT2D eigenvalue weighted by Crippen LogP contribution is -2.38. The van der Waals surface area contributed by atoms with Gasteiger partial charge in [-0.15, -0.1) is 0 Å². The number of ether oxygens (including phenoxy) is 4. The molecule has 2 aromatic carbocycles. The van der Waals surface area contributed by atoms with Crippen molar-refractivity contribution in [3.05, 3.63) is 64.8 Å². The van der Waals surface area contributed by atoms with Crippen LogP contribution in [0, 0.1) is 6.92 Å². The maximum Gasteiger partial charge on any atom is 0.273 e. The Kier molecular flexibility index (Phi) is 6.16. The van der Waals surface area contributed by atoms with E-state index in [1.165, 1.54) is 0 Å². The van der Waals surface area contributed by atoms with E-state index in [2.05, 4.69) is 10.2 Å². The molecule has 0 spiro atoms. The first kappa shape index (κ1) is 21.9. The van der Waals surface area contributed by atoms with Gasteiger partial charge in [-0.25, -0.2) is 0 Å². The third kappa shape index (κ3) is 3.72. The molecule has 0 fully saturated rings. The van der Waals surface area contributed by atoms with Crippen LogP contribution in [0.4, 0.5) is 0 Å². The number of rotatable bonds is 8. The highest BCUT2D eigenvalue weighted by Gasteiger charge is 2.43. The number of fused-ring (bicyclic) bond motifs is 1. The van der Waals surface area contributed by atoms with E-state index < -0.39 is 12.3 Å². The lowest BCUT2D eigenvalue weighted by molar-refractivity contribution is -0.113. The number of carbonyl (C=O) groups is 1. The minimum absolute atomic E-state index is 0.162. The van der Waals surface area contributed by atoms with Gasteiger partial charge in [-0.1, -0.05) is 35.9 Å². The van der Waals surface area contributed by atoms with Gasteiger partial charge in [0.15, 0.2) is 17.8 Å². The molecule has 1 aliphatic rings. The monoisotopic (exact) mass is 437 g/mol. The van der Waals surface area contributed by atoms with Gasteiger partial charge >= 0.3 is 0 Å². The van der Waals surface area contributed by atoms with Gasteiger partial charge in [0.25, 0.3) is 5.91 Å². The molecule has 0 saturated heterocycles. The molecule has 1 N–H and O–H groups in total. The van der Waals surface area contributed by atoms with Crippen molar-refractivity contribution in [1.29, 1.82) is 0 Å². The fourth-order valence-electron chi connectivity index (χ4n) is 4.09. The fourth-order valence-corrected chi connectivity index (χ4v) is 4.09. The van der Waals surface area contributed by atoms with Gasteiger partial charge in [-0.3, -0.25) is 9.89 Å². The topological polar surface area (TPSA) is 85.9 Å². The minimum Gasteiger partial charge on any atom is -0.493 e. The number of H-pyrrole nitrogens is 1. The maximum absolute atomic E-state index is 13.4. The fraction of sp³-hybridized carbons (Fsp3) is 0.333. The summed E-state index contributed by atoms with van der Waals surface area (Å²) in [5.74, 6) is 1.04. The molecule has 0 saturated carbocycles. The molecule has 1 amide bonds. The minimum atomic E-state index is -0.568. The van der Waals surface area contributed by atoms with Crippen molar-refractivity contribution in [1.82, 2.24) is 15.1 Å².